The minimum atomic E-state index is -0.121. The second-order valence-corrected chi connectivity index (χ2v) is 5.22. The van der Waals surface area contributed by atoms with Gasteiger partial charge in [0, 0.05) is 24.5 Å². The summed E-state index contributed by atoms with van der Waals surface area (Å²) in [5, 5.41) is 0. The highest BCUT2D eigenvalue weighted by Crippen LogP contribution is 2.24. The van der Waals surface area contributed by atoms with Crippen LogP contribution in [0.25, 0.3) is 0 Å². The molecular formula is C16H18N2O3. The first-order valence-corrected chi connectivity index (χ1v) is 7.03. The Hall–Kier alpha value is -2.14. The Morgan fingerprint density at radius 2 is 2.29 bits per heavy atom. The van der Waals surface area contributed by atoms with Gasteiger partial charge in [-0.05, 0) is 26.0 Å². The molecule has 0 saturated carbocycles. The maximum Gasteiger partial charge on any atom is 0.257 e. The predicted molar refractivity (Wildman–Crippen MR) is 77.0 cm³/mol. The van der Waals surface area contributed by atoms with Crippen LogP contribution in [-0.2, 0) is 4.74 Å². The summed E-state index contributed by atoms with van der Waals surface area (Å²) in [6.45, 7) is 5.33. The monoisotopic (exact) mass is 286 g/mol. The Balaban J connectivity index is 1.77. The number of carbonyl (C=O) groups is 1. The van der Waals surface area contributed by atoms with E-state index in [2.05, 4.69) is 4.98 Å². The molecule has 1 saturated heterocycles. The zero-order chi connectivity index (χ0) is 14.8. The van der Waals surface area contributed by atoms with Gasteiger partial charge in [0.05, 0.1) is 18.7 Å². The molecule has 1 fully saturated rings. The molecule has 0 spiro atoms. The summed E-state index contributed by atoms with van der Waals surface area (Å²) in [4.78, 5) is 18.5. The van der Waals surface area contributed by atoms with Crippen molar-refractivity contribution in [1.82, 2.24) is 9.88 Å². The maximum atomic E-state index is 12.6. The van der Waals surface area contributed by atoms with E-state index in [-0.39, 0.29) is 12.0 Å². The van der Waals surface area contributed by atoms with Crippen molar-refractivity contribution in [2.75, 3.05) is 19.7 Å². The SMILES string of the molecule is Cc1cc(C(=O)N2CCOC(c3cccnc3)C2)c(C)o1. The third-order valence-corrected chi connectivity index (χ3v) is 3.68. The fourth-order valence-corrected chi connectivity index (χ4v) is 2.62. The fourth-order valence-electron chi connectivity index (χ4n) is 2.62. The van der Waals surface area contributed by atoms with Gasteiger partial charge in [0.25, 0.3) is 5.91 Å². The van der Waals surface area contributed by atoms with E-state index in [1.54, 1.807) is 18.5 Å². The topological polar surface area (TPSA) is 55.6 Å². The molecule has 1 aliphatic heterocycles. The van der Waals surface area contributed by atoms with Crippen molar-refractivity contribution in [2.24, 2.45) is 0 Å². The van der Waals surface area contributed by atoms with Crippen molar-refractivity contribution in [3.05, 3.63) is 53.2 Å². The van der Waals surface area contributed by atoms with Gasteiger partial charge in [-0.2, -0.15) is 0 Å². The van der Waals surface area contributed by atoms with Crippen LogP contribution in [0.2, 0.25) is 0 Å². The molecule has 0 aromatic carbocycles. The molecule has 5 nitrogen and oxygen atoms in total. The standard InChI is InChI=1S/C16H18N2O3/c1-11-8-14(12(2)21-11)16(19)18-6-7-20-15(10-18)13-4-3-5-17-9-13/h3-5,8-9,15H,6-7,10H2,1-2H3. The zero-order valence-corrected chi connectivity index (χ0v) is 12.2. The van der Waals surface area contributed by atoms with Crippen molar-refractivity contribution in [3.8, 4) is 0 Å². The number of pyridine rings is 1. The highest BCUT2D eigenvalue weighted by atomic mass is 16.5. The van der Waals surface area contributed by atoms with Crippen LogP contribution in [-0.4, -0.2) is 35.5 Å². The number of aromatic nitrogens is 1. The van der Waals surface area contributed by atoms with E-state index in [0.29, 0.717) is 31.0 Å². The summed E-state index contributed by atoms with van der Waals surface area (Å²) in [6.07, 6.45) is 3.39. The largest absolute Gasteiger partial charge is 0.466 e. The molecule has 0 radical (unpaired) electrons. The minimum Gasteiger partial charge on any atom is -0.466 e. The van der Waals surface area contributed by atoms with Crippen LogP contribution >= 0.6 is 0 Å². The number of rotatable bonds is 2. The number of nitrogens with zero attached hydrogens (tertiary/aromatic N) is 2. The molecular weight excluding hydrogens is 268 g/mol. The van der Waals surface area contributed by atoms with E-state index in [1.807, 2.05) is 30.9 Å². The molecule has 2 aromatic rings. The van der Waals surface area contributed by atoms with Crippen molar-refractivity contribution in [2.45, 2.75) is 20.0 Å². The summed E-state index contributed by atoms with van der Waals surface area (Å²) in [5.74, 6) is 1.43. The first-order valence-electron chi connectivity index (χ1n) is 7.03. The van der Waals surface area contributed by atoms with Gasteiger partial charge in [-0.25, -0.2) is 0 Å². The van der Waals surface area contributed by atoms with Gasteiger partial charge in [-0.15, -0.1) is 0 Å². The molecule has 1 aliphatic rings. The second-order valence-electron chi connectivity index (χ2n) is 5.22. The van der Waals surface area contributed by atoms with Gasteiger partial charge < -0.3 is 14.1 Å². The summed E-state index contributed by atoms with van der Waals surface area (Å²) >= 11 is 0. The van der Waals surface area contributed by atoms with Crippen LogP contribution in [0.15, 0.2) is 35.0 Å². The van der Waals surface area contributed by atoms with Gasteiger partial charge in [0.15, 0.2) is 0 Å². The molecule has 110 valence electrons. The highest BCUT2D eigenvalue weighted by Gasteiger charge is 2.28. The number of aryl methyl sites for hydroxylation is 2. The van der Waals surface area contributed by atoms with Gasteiger partial charge >= 0.3 is 0 Å². The highest BCUT2D eigenvalue weighted by molar-refractivity contribution is 5.95. The number of amides is 1. The van der Waals surface area contributed by atoms with E-state index in [9.17, 15) is 4.79 Å². The molecule has 0 bridgehead atoms. The molecule has 1 unspecified atom stereocenters. The quantitative estimate of drug-likeness (QED) is 0.851. The lowest BCUT2D eigenvalue weighted by molar-refractivity contribution is -0.0230. The lowest BCUT2D eigenvalue weighted by atomic mass is 10.1. The van der Waals surface area contributed by atoms with E-state index in [4.69, 9.17) is 9.15 Å². The smallest absolute Gasteiger partial charge is 0.257 e. The van der Waals surface area contributed by atoms with Crippen molar-refractivity contribution in [1.29, 1.82) is 0 Å². The molecule has 21 heavy (non-hydrogen) atoms. The molecule has 5 heteroatoms. The fraction of sp³-hybridized carbons (Fsp3) is 0.375. The number of furan rings is 1. The van der Waals surface area contributed by atoms with Crippen LogP contribution in [0.5, 0.6) is 0 Å². The zero-order valence-electron chi connectivity index (χ0n) is 12.2. The number of ether oxygens (including phenoxy) is 1. The number of hydrogen-bond donors (Lipinski definition) is 0. The summed E-state index contributed by atoms with van der Waals surface area (Å²) in [7, 11) is 0. The van der Waals surface area contributed by atoms with Crippen LogP contribution in [0.1, 0.15) is 33.5 Å². The van der Waals surface area contributed by atoms with Crippen molar-refractivity contribution in [3.63, 3.8) is 0 Å². The molecule has 0 aliphatic carbocycles. The van der Waals surface area contributed by atoms with Crippen molar-refractivity contribution >= 4 is 5.91 Å². The Labute approximate surface area is 123 Å². The lowest BCUT2D eigenvalue weighted by Gasteiger charge is -2.33. The average molecular weight is 286 g/mol. The lowest BCUT2D eigenvalue weighted by Crippen LogP contribution is -2.42. The third-order valence-electron chi connectivity index (χ3n) is 3.68. The predicted octanol–water partition coefficient (Wildman–Crippen LogP) is 2.51. The van der Waals surface area contributed by atoms with E-state index in [0.717, 1.165) is 11.3 Å². The minimum absolute atomic E-state index is 0.00143. The van der Waals surface area contributed by atoms with E-state index >= 15 is 0 Å². The van der Waals surface area contributed by atoms with Crippen LogP contribution in [0, 0.1) is 13.8 Å². The number of carbonyl (C=O) groups excluding carboxylic acids is 1. The average Bonchev–Trinajstić information content (AvgIpc) is 2.86. The number of hydrogen-bond acceptors (Lipinski definition) is 4. The Kier molecular flexibility index (Phi) is 3.75. The first-order chi connectivity index (χ1) is 10.1. The van der Waals surface area contributed by atoms with Gasteiger partial charge in [0.1, 0.15) is 17.6 Å². The summed E-state index contributed by atoms with van der Waals surface area (Å²) in [6, 6.07) is 5.65. The normalized spacial score (nSPS) is 18.8. The summed E-state index contributed by atoms with van der Waals surface area (Å²) in [5.41, 5.74) is 1.63. The summed E-state index contributed by atoms with van der Waals surface area (Å²) < 4.78 is 11.2. The van der Waals surface area contributed by atoms with Gasteiger partial charge in [-0.1, -0.05) is 6.07 Å². The van der Waals surface area contributed by atoms with Crippen LogP contribution in [0.4, 0.5) is 0 Å². The van der Waals surface area contributed by atoms with Crippen LogP contribution in [0.3, 0.4) is 0 Å². The molecule has 2 aromatic heterocycles. The molecule has 3 rings (SSSR count). The third kappa shape index (κ3) is 2.83. The van der Waals surface area contributed by atoms with E-state index in [1.165, 1.54) is 0 Å². The molecule has 1 atom stereocenters. The van der Waals surface area contributed by atoms with Gasteiger partial charge in [0.2, 0.25) is 0 Å². The number of morpholine rings is 1. The Morgan fingerprint density at radius 1 is 1.43 bits per heavy atom. The Bertz CT molecular complexity index is 636. The first kappa shape index (κ1) is 13.8. The molecule has 0 N–H and O–H groups in total. The molecule has 1 amide bonds. The van der Waals surface area contributed by atoms with Gasteiger partial charge in [-0.3, -0.25) is 9.78 Å². The van der Waals surface area contributed by atoms with E-state index < -0.39 is 0 Å². The van der Waals surface area contributed by atoms with Crippen LogP contribution < -0.4 is 0 Å². The maximum absolute atomic E-state index is 12.6. The second kappa shape index (κ2) is 5.69. The Morgan fingerprint density at radius 3 is 2.95 bits per heavy atom. The van der Waals surface area contributed by atoms with Crippen molar-refractivity contribution < 1.29 is 13.9 Å². The molecule has 3 heterocycles.